The van der Waals surface area contributed by atoms with E-state index in [4.69, 9.17) is 4.74 Å². The zero-order valence-corrected chi connectivity index (χ0v) is 13.6. The van der Waals surface area contributed by atoms with E-state index >= 15 is 0 Å². The van der Waals surface area contributed by atoms with Crippen LogP contribution in [0.15, 0.2) is 5.16 Å². The Morgan fingerprint density at radius 2 is 2.25 bits per heavy atom. The minimum absolute atomic E-state index is 0.218. The third-order valence-electron chi connectivity index (χ3n) is 2.87. The van der Waals surface area contributed by atoms with E-state index < -0.39 is 5.54 Å². The zero-order valence-electron chi connectivity index (χ0n) is 12.8. The van der Waals surface area contributed by atoms with Crippen LogP contribution < -0.4 is 5.32 Å². The van der Waals surface area contributed by atoms with Gasteiger partial charge in [0.15, 0.2) is 0 Å². The average Bonchev–Trinajstić information content (AvgIpc) is 2.78. The minimum Gasteiger partial charge on any atom is -0.468 e. The first-order valence-electron chi connectivity index (χ1n) is 6.75. The molecule has 1 aromatic rings. The number of aromatic amines is 1. The molecule has 0 aliphatic heterocycles. The number of carbonyl (C=O) groups is 1. The maximum absolute atomic E-state index is 11.9. The predicted octanol–water partition coefficient (Wildman–Crippen LogP) is 1.92. The van der Waals surface area contributed by atoms with E-state index in [1.54, 1.807) is 11.8 Å². The largest absolute Gasteiger partial charge is 0.468 e. The minimum atomic E-state index is -0.640. The Kier molecular flexibility index (Phi) is 6.48. The second kappa shape index (κ2) is 7.64. The van der Waals surface area contributed by atoms with Gasteiger partial charge in [0, 0.05) is 11.8 Å². The molecule has 0 saturated heterocycles. The average molecular weight is 300 g/mol. The SMILES string of the molecule is COC(=O)C(C)(CCCSc1n[nH]c(C)n1)NC(C)C. The number of carbonyl (C=O) groups excluding carboxylic acids is 1. The summed E-state index contributed by atoms with van der Waals surface area (Å²) >= 11 is 1.59. The molecule has 1 rings (SSSR count). The van der Waals surface area contributed by atoms with Gasteiger partial charge in [0.25, 0.3) is 0 Å². The molecule has 0 aromatic carbocycles. The second-order valence-electron chi connectivity index (χ2n) is 5.28. The maximum atomic E-state index is 11.9. The van der Waals surface area contributed by atoms with Gasteiger partial charge in [-0.2, -0.15) is 0 Å². The standard InChI is InChI=1S/C13H24N4O2S/c1-9(2)15-13(4,11(18)19-5)7-6-8-20-12-14-10(3)16-17-12/h9,15H,6-8H2,1-5H3,(H,14,16,17). The van der Waals surface area contributed by atoms with Gasteiger partial charge in [-0.05, 0) is 40.5 Å². The van der Waals surface area contributed by atoms with E-state index in [2.05, 4.69) is 20.5 Å². The Morgan fingerprint density at radius 1 is 1.55 bits per heavy atom. The first kappa shape index (κ1) is 17.0. The van der Waals surface area contributed by atoms with Crippen LogP contribution in [0.1, 0.15) is 39.4 Å². The normalized spacial score (nSPS) is 14.3. The number of nitrogens with zero attached hydrogens (tertiary/aromatic N) is 2. The molecule has 0 spiro atoms. The Hall–Kier alpha value is -1.08. The van der Waals surface area contributed by atoms with Crippen molar-refractivity contribution in [3.8, 4) is 0 Å². The molecule has 1 atom stereocenters. The molecule has 1 heterocycles. The van der Waals surface area contributed by atoms with Crippen LogP contribution in [0.5, 0.6) is 0 Å². The van der Waals surface area contributed by atoms with Crippen LogP contribution in [0.4, 0.5) is 0 Å². The Balaban J connectivity index is 2.44. The smallest absolute Gasteiger partial charge is 0.325 e. The van der Waals surface area contributed by atoms with Gasteiger partial charge in [-0.15, -0.1) is 5.10 Å². The van der Waals surface area contributed by atoms with Crippen LogP contribution in [0.3, 0.4) is 0 Å². The number of thioether (sulfide) groups is 1. The molecule has 6 nitrogen and oxygen atoms in total. The number of rotatable bonds is 8. The third-order valence-corrected chi connectivity index (χ3v) is 3.81. The van der Waals surface area contributed by atoms with Crippen LogP contribution in [0, 0.1) is 6.92 Å². The molecule has 0 saturated carbocycles. The third kappa shape index (κ3) is 5.13. The summed E-state index contributed by atoms with van der Waals surface area (Å²) in [6, 6.07) is 0.224. The van der Waals surface area contributed by atoms with Crippen molar-refractivity contribution in [3.05, 3.63) is 5.82 Å². The van der Waals surface area contributed by atoms with E-state index in [0.717, 1.165) is 23.2 Å². The number of hydrogen-bond donors (Lipinski definition) is 2. The van der Waals surface area contributed by atoms with Gasteiger partial charge in [-0.25, -0.2) is 4.98 Å². The summed E-state index contributed by atoms with van der Waals surface area (Å²) in [5.41, 5.74) is -0.640. The summed E-state index contributed by atoms with van der Waals surface area (Å²) in [4.78, 5) is 16.1. The van der Waals surface area contributed by atoms with Gasteiger partial charge in [-0.1, -0.05) is 11.8 Å². The number of nitrogens with one attached hydrogen (secondary N) is 2. The Bertz CT molecular complexity index is 436. The summed E-state index contributed by atoms with van der Waals surface area (Å²) in [6.07, 6.45) is 1.60. The number of H-pyrrole nitrogens is 1. The molecular weight excluding hydrogens is 276 g/mol. The lowest BCUT2D eigenvalue weighted by Gasteiger charge is -2.30. The van der Waals surface area contributed by atoms with E-state index in [0.29, 0.717) is 6.42 Å². The van der Waals surface area contributed by atoms with Gasteiger partial charge in [-0.3, -0.25) is 15.2 Å². The highest BCUT2D eigenvalue weighted by Crippen LogP contribution is 2.20. The molecule has 0 radical (unpaired) electrons. The van der Waals surface area contributed by atoms with Crippen molar-refractivity contribution in [2.45, 2.75) is 57.3 Å². The van der Waals surface area contributed by atoms with Crippen LogP contribution in [0.25, 0.3) is 0 Å². The fourth-order valence-corrected chi connectivity index (χ4v) is 2.85. The molecule has 20 heavy (non-hydrogen) atoms. The molecule has 0 aliphatic carbocycles. The molecule has 1 unspecified atom stereocenters. The van der Waals surface area contributed by atoms with Crippen LogP contribution in [0.2, 0.25) is 0 Å². The summed E-state index contributed by atoms with van der Waals surface area (Å²) in [5, 5.41) is 10.9. The molecule has 1 aromatic heterocycles. The van der Waals surface area contributed by atoms with Gasteiger partial charge in [0.2, 0.25) is 5.16 Å². The number of esters is 1. The number of methoxy groups -OCH3 is 1. The highest BCUT2D eigenvalue weighted by molar-refractivity contribution is 7.99. The fraction of sp³-hybridized carbons (Fsp3) is 0.769. The fourth-order valence-electron chi connectivity index (χ4n) is 2.07. The molecular formula is C13H24N4O2S. The maximum Gasteiger partial charge on any atom is 0.325 e. The molecule has 114 valence electrons. The molecule has 7 heteroatoms. The van der Waals surface area contributed by atoms with E-state index in [1.165, 1.54) is 7.11 Å². The summed E-state index contributed by atoms with van der Waals surface area (Å²) in [6.45, 7) is 7.80. The predicted molar refractivity (Wildman–Crippen MR) is 79.8 cm³/mol. The number of ether oxygens (including phenoxy) is 1. The van der Waals surface area contributed by atoms with Crippen molar-refractivity contribution >= 4 is 17.7 Å². The van der Waals surface area contributed by atoms with Gasteiger partial charge in [0.1, 0.15) is 11.4 Å². The van der Waals surface area contributed by atoms with E-state index in [1.807, 2.05) is 27.7 Å². The summed E-state index contributed by atoms with van der Waals surface area (Å²) in [5.74, 6) is 1.46. The van der Waals surface area contributed by atoms with Crippen molar-refractivity contribution in [2.24, 2.45) is 0 Å². The van der Waals surface area contributed by atoms with E-state index in [-0.39, 0.29) is 12.0 Å². The van der Waals surface area contributed by atoms with Crippen molar-refractivity contribution < 1.29 is 9.53 Å². The van der Waals surface area contributed by atoms with Gasteiger partial charge in [0.05, 0.1) is 7.11 Å². The lowest BCUT2D eigenvalue weighted by molar-refractivity contribution is -0.148. The first-order chi connectivity index (χ1) is 9.37. The topological polar surface area (TPSA) is 79.9 Å². The van der Waals surface area contributed by atoms with Crippen LogP contribution in [-0.2, 0) is 9.53 Å². The molecule has 0 aliphatic rings. The first-order valence-corrected chi connectivity index (χ1v) is 7.74. The Morgan fingerprint density at radius 3 is 2.75 bits per heavy atom. The molecule has 0 fully saturated rings. The molecule has 0 amide bonds. The van der Waals surface area contributed by atoms with Gasteiger partial charge < -0.3 is 4.74 Å². The quantitative estimate of drug-likeness (QED) is 0.434. The number of aromatic nitrogens is 3. The summed E-state index contributed by atoms with van der Waals surface area (Å²) in [7, 11) is 1.42. The number of aryl methyl sites for hydroxylation is 1. The monoisotopic (exact) mass is 300 g/mol. The van der Waals surface area contributed by atoms with Crippen molar-refractivity contribution in [3.63, 3.8) is 0 Å². The lowest BCUT2D eigenvalue weighted by atomic mass is 9.95. The zero-order chi connectivity index (χ0) is 15.2. The van der Waals surface area contributed by atoms with Crippen molar-refractivity contribution in [2.75, 3.05) is 12.9 Å². The molecule has 0 bridgehead atoms. The van der Waals surface area contributed by atoms with Crippen LogP contribution in [-0.4, -0.2) is 45.6 Å². The van der Waals surface area contributed by atoms with E-state index in [9.17, 15) is 4.79 Å². The highest BCUT2D eigenvalue weighted by atomic mass is 32.2. The summed E-state index contributed by atoms with van der Waals surface area (Å²) < 4.78 is 4.90. The lowest BCUT2D eigenvalue weighted by Crippen LogP contribution is -2.53. The van der Waals surface area contributed by atoms with Crippen molar-refractivity contribution in [1.82, 2.24) is 20.5 Å². The highest BCUT2D eigenvalue weighted by Gasteiger charge is 2.34. The second-order valence-corrected chi connectivity index (χ2v) is 6.34. The number of hydrogen-bond acceptors (Lipinski definition) is 6. The molecule has 2 N–H and O–H groups in total. The Labute approximate surface area is 124 Å². The van der Waals surface area contributed by atoms with Crippen molar-refractivity contribution in [1.29, 1.82) is 0 Å². The van der Waals surface area contributed by atoms with Gasteiger partial charge >= 0.3 is 5.97 Å². The van der Waals surface area contributed by atoms with Crippen LogP contribution >= 0.6 is 11.8 Å².